The Morgan fingerprint density at radius 2 is 2.27 bits per heavy atom. The monoisotopic (exact) mass is 216 g/mol. The fourth-order valence-electron chi connectivity index (χ4n) is 1.99. The minimum absolute atomic E-state index is 0.145. The lowest BCUT2D eigenvalue weighted by Gasteiger charge is -2.26. The molecule has 0 amide bonds. The third kappa shape index (κ3) is 2.91. The van der Waals surface area contributed by atoms with E-state index in [-0.39, 0.29) is 12.2 Å². The minimum atomic E-state index is -1.35. The van der Waals surface area contributed by atoms with E-state index in [9.17, 15) is 4.79 Å². The lowest BCUT2D eigenvalue weighted by molar-refractivity contribution is -0.146. The van der Waals surface area contributed by atoms with Crippen LogP contribution in [0.15, 0.2) is 0 Å². The van der Waals surface area contributed by atoms with E-state index in [0.717, 1.165) is 0 Å². The fraction of sp³-hybridized carbons (Fsp3) is 0.875. The van der Waals surface area contributed by atoms with Crippen LogP contribution in [0.2, 0.25) is 6.32 Å². The maximum atomic E-state index is 10.9. The SMILES string of the molecule is N[C@]1(C(=O)O)NCC[C@H]1CCCB(O)O. The van der Waals surface area contributed by atoms with Crippen LogP contribution in [0, 0.1) is 5.92 Å². The van der Waals surface area contributed by atoms with Crippen LogP contribution >= 0.6 is 0 Å². The molecule has 0 aromatic heterocycles. The molecule has 7 heteroatoms. The second kappa shape index (κ2) is 4.93. The standard InChI is InChI=1S/C8H17BN2O4/c10-8(7(12)13)6(3-5-11-8)2-1-4-9(14)15/h6,11,14-15H,1-5,10H2,(H,12,13)/t6-,8+/m1/s1. The molecule has 0 radical (unpaired) electrons. The molecular weight excluding hydrogens is 199 g/mol. The van der Waals surface area contributed by atoms with Crippen LogP contribution in [0.5, 0.6) is 0 Å². The summed E-state index contributed by atoms with van der Waals surface area (Å²) in [6, 6.07) is 0. The van der Waals surface area contributed by atoms with Crippen molar-refractivity contribution in [2.24, 2.45) is 11.7 Å². The van der Waals surface area contributed by atoms with Crippen molar-refractivity contribution in [1.82, 2.24) is 5.32 Å². The van der Waals surface area contributed by atoms with Gasteiger partial charge in [0.15, 0.2) is 5.66 Å². The highest BCUT2D eigenvalue weighted by atomic mass is 16.4. The highest BCUT2D eigenvalue weighted by molar-refractivity contribution is 6.40. The highest BCUT2D eigenvalue weighted by Crippen LogP contribution is 2.27. The van der Waals surface area contributed by atoms with Crippen molar-refractivity contribution < 1.29 is 19.9 Å². The van der Waals surface area contributed by atoms with Gasteiger partial charge >= 0.3 is 13.1 Å². The first kappa shape index (κ1) is 12.4. The largest absolute Gasteiger partial charge is 0.479 e. The van der Waals surface area contributed by atoms with Crippen LogP contribution in [0.4, 0.5) is 0 Å². The molecule has 1 aliphatic heterocycles. The average molecular weight is 216 g/mol. The Labute approximate surface area is 88.6 Å². The van der Waals surface area contributed by atoms with Crippen LogP contribution in [0.3, 0.4) is 0 Å². The van der Waals surface area contributed by atoms with Gasteiger partial charge in [0.05, 0.1) is 0 Å². The predicted octanol–water partition coefficient (Wildman–Crippen LogP) is -1.41. The summed E-state index contributed by atoms with van der Waals surface area (Å²) >= 11 is 0. The summed E-state index contributed by atoms with van der Waals surface area (Å²) in [5, 5.41) is 29.1. The van der Waals surface area contributed by atoms with E-state index in [0.29, 0.717) is 25.8 Å². The third-order valence-electron chi connectivity index (χ3n) is 2.92. The number of rotatable bonds is 5. The van der Waals surface area contributed by atoms with Crippen molar-refractivity contribution in [3.05, 3.63) is 0 Å². The van der Waals surface area contributed by atoms with Gasteiger partial charge in [-0.3, -0.25) is 5.32 Å². The summed E-state index contributed by atoms with van der Waals surface area (Å²) in [5.74, 6) is -1.19. The molecule has 6 N–H and O–H groups in total. The Bertz CT molecular complexity index is 239. The molecule has 1 rings (SSSR count). The summed E-state index contributed by atoms with van der Waals surface area (Å²) in [5.41, 5.74) is 4.38. The number of carboxylic acid groups (broad SMARTS) is 1. The van der Waals surface area contributed by atoms with Crippen LogP contribution < -0.4 is 11.1 Å². The molecule has 1 aliphatic rings. The molecule has 86 valence electrons. The molecular formula is C8H17BN2O4. The first-order valence-electron chi connectivity index (χ1n) is 5.10. The smallest absolute Gasteiger partial charge is 0.451 e. The Hall–Kier alpha value is -0.625. The van der Waals surface area contributed by atoms with Gasteiger partial charge in [-0.05, 0) is 25.7 Å². The zero-order valence-electron chi connectivity index (χ0n) is 8.52. The molecule has 0 aromatic carbocycles. The van der Waals surface area contributed by atoms with Crippen molar-refractivity contribution >= 4 is 13.1 Å². The van der Waals surface area contributed by atoms with E-state index in [1.165, 1.54) is 0 Å². The summed E-state index contributed by atoms with van der Waals surface area (Å²) in [7, 11) is -1.32. The lowest BCUT2D eigenvalue weighted by Crippen LogP contribution is -2.59. The average Bonchev–Trinajstić information content (AvgIpc) is 2.49. The number of hydrogen-bond acceptors (Lipinski definition) is 5. The summed E-state index contributed by atoms with van der Waals surface area (Å²) in [4.78, 5) is 10.9. The van der Waals surface area contributed by atoms with Crippen molar-refractivity contribution in [2.75, 3.05) is 6.54 Å². The maximum absolute atomic E-state index is 10.9. The number of nitrogens with two attached hydrogens (primary N) is 1. The minimum Gasteiger partial charge on any atom is -0.479 e. The first-order valence-corrected chi connectivity index (χ1v) is 5.10. The maximum Gasteiger partial charge on any atom is 0.451 e. The fourth-order valence-corrected chi connectivity index (χ4v) is 1.99. The molecule has 1 saturated heterocycles. The first-order chi connectivity index (χ1) is 6.97. The van der Waals surface area contributed by atoms with Crippen molar-refractivity contribution in [3.8, 4) is 0 Å². The van der Waals surface area contributed by atoms with Crippen molar-refractivity contribution in [2.45, 2.75) is 31.2 Å². The molecule has 0 spiro atoms. The van der Waals surface area contributed by atoms with Crippen molar-refractivity contribution in [3.63, 3.8) is 0 Å². The topological polar surface area (TPSA) is 116 Å². The quantitative estimate of drug-likeness (QED) is 0.360. The molecule has 0 saturated carbocycles. The molecule has 0 aliphatic carbocycles. The molecule has 1 fully saturated rings. The van der Waals surface area contributed by atoms with E-state index >= 15 is 0 Å². The molecule has 6 nitrogen and oxygen atoms in total. The van der Waals surface area contributed by atoms with Gasteiger partial charge in [0, 0.05) is 5.92 Å². The molecule has 0 unspecified atom stereocenters. The van der Waals surface area contributed by atoms with Gasteiger partial charge in [0.1, 0.15) is 0 Å². The molecule has 0 bridgehead atoms. The van der Waals surface area contributed by atoms with E-state index in [1.54, 1.807) is 0 Å². The Kier molecular flexibility index (Phi) is 4.09. The van der Waals surface area contributed by atoms with E-state index in [1.807, 2.05) is 0 Å². The van der Waals surface area contributed by atoms with E-state index in [2.05, 4.69) is 5.32 Å². The summed E-state index contributed by atoms with van der Waals surface area (Å²) in [6.07, 6.45) is 2.13. The number of nitrogens with one attached hydrogen (secondary N) is 1. The molecule has 2 atom stereocenters. The lowest BCUT2D eigenvalue weighted by atomic mass is 9.80. The van der Waals surface area contributed by atoms with Gasteiger partial charge in [0.25, 0.3) is 0 Å². The van der Waals surface area contributed by atoms with Gasteiger partial charge in [0.2, 0.25) is 0 Å². The van der Waals surface area contributed by atoms with Crippen LogP contribution in [0.1, 0.15) is 19.3 Å². The van der Waals surface area contributed by atoms with Gasteiger partial charge in [-0.25, -0.2) is 4.79 Å². The van der Waals surface area contributed by atoms with Crippen molar-refractivity contribution in [1.29, 1.82) is 0 Å². The van der Waals surface area contributed by atoms with Crippen LogP contribution in [-0.4, -0.2) is 40.4 Å². The number of aliphatic carboxylic acids is 1. The molecule has 0 aromatic rings. The number of hydrogen-bond donors (Lipinski definition) is 5. The van der Waals surface area contributed by atoms with E-state index in [4.69, 9.17) is 20.9 Å². The second-order valence-electron chi connectivity index (χ2n) is 4.00. The van der Waals surface area contributed by atoms with Crippen LogP contribution in [-0.2, 0) is 4.79 Å². The summed E-state index contributed by atoms with van der Waals surface area (Å²) < 4.78 is 0. The van der Waals surface area contributed by atoms with Gasteiger partial charge < -0.3 is 20.9 Å². The zero-order valence-corrected chi connectivity index (χ0v) is 8.52. The Morgan fingerprint density at radius 1 is 1.60 bits per heavy atom. The third-order valence-corrected chi connectivity index (χ3v) is 2.92. The zero-order chi connectivity index (χ0) is 11.5. The predicted molar refractivity (Wildman–Crippen MR) is 54.9 cm³/mol. The second-order valence-corrected chi connectivity index (χ2v) is 4.00. The Balaban J connectivity index is 2.43. The summed E-state index contributed by atoms with van der Waals surface area (Å²) in [6.45, 7) is 0.592. The normalized spacial score (nSPS) is 30.5. The van der Waals surface area contributed by atoms with Gasteiger partial charge in [-0.2, -0.15) is 0 Å². The number of carboxylic acids is 1. The van der Waals surface area contributed by atoms with Crippen LogP contribution in [0.25, 0.3) is 0 Å². The highest BCUT2D eigenvalue weighted by Gasteiger charge is 2.45. The van der Waals surface area contributed by atoms with Gasteiger partial charge in [-0.1, -0.05) is 6.42 Å². The molecule has 1 heterocycles. The molecule has 15 heavy (non-hydrogen) atoms. The Morgan fingerprint density at radius 3 is 2.80 bits per heavy atom. The van der Waals surface area contributed by atoms with Gasteiger partial charge in [-0.15, -0.1) is 0 Å². The number of carbonyl (C=O) groups is 1. The van der Waals surface area contributed by atoms with E-state index < -0.39 is 18.8 Å².